The number of aryl methyl sites for hydroxylation is 1. The van der Waals surface area contributed by atoms with E-state index in [1.807, 2.05) is 0 Å². The van der Waals surface area contributed by atoms with Crippen LogP contribution in [0.1, 0.15) is 24.2 Å². The second kappa shape index (κ2) is 5.61. The lowest BCUT2D eigenvalue weighted by Gasteiger charge is -2.20. The molecule has 1 aliphatic carbocycles. The van der Waals surface area contributed by atoms with E-state index in [1.165, 1.54) is 8.99 Å². The Hall–Kier alpha value is -1.67. The molecule has 0 bridgehead atoms. The number of carboxylic acid groups (broad SMARTS) is 1. The Bertz CT molecular complexity index is 674. The smallest absolute Gasteiger partial charge is 0.325 e. The predicted molar refractivity (Wildman–Crippen MR) is 76.4 cm³/mol. The van der Waals surface area contributed by atoms with Crippen LogP contribution in [0.15, 0.2) is 17.6 Å². The van der Waals surface area contributed by atoms with Crippen molar-refractivity contribution in [1.29, 1.82) is 0 Å². The molecule has 1 fully saturated rings. The molecule has 1 aromatic heterocycles. The zero-order valence-corrected chi connectivity index (χ0v) is 12.9. The molecule has 2 rings (SSSR count). The molecule has 1 heterocycles. The monoisotopic (exact) mass is 313 g/mol. The van der Waals surface area contributed by atoms with Crippen molar-refractivity contribution in [3.8, 4) is 0 Å². The second-order valence-electron chi connectivity index (χ2n) is 5.15. The van der Waals surface area contributed by atoms with Gasteiger partial charge in [-0.25, -0.2) is 8.42 Å². The Balaban J connectivity index is 2.46. The van der Waals surface area contributed by atoms with E-state index in [2.05, 4.69) is 11.7 Å². The van der Waals surface area contributed by atoms with Gasteiger partial charge in [0.25, 0.3) is 0 Å². The summed E-state index contributed by atoms with van der Waals surface area (Å²) in [7, 11) is -3.69. The standard InChI is InChI=1S/C13H19N3O4S/c1-4-7-16(11-5-6-11)21(19,20)13-9(2)14-15(10(13)3)8-12(17)18/h4,11H,1,5-8H2,2-3H3,(H,17,18). The molecular weight excluding hydrogens is 294 g/mol. The van der Waals surface area contributed by atoms with Crippen molar-refractivity contribution in [3.05, 3.63) is 24.0 Å². The first kappa shape index (κ1) is 15.7. The van der Waals surface area contributed by atoms with E-state index in [9.17, 15) is 13.2 Å². The molecular formula is C13H19N3O4S. The first-order valence-corrected chi connectivity index (χ1v) is 8.11. The molecule has 0 unspecified atom stereocenters. The maximum absolute atomic E-state index is 12.8. The van der Waals surface area contributed by atoms with Crippen LogP contribution in [0.2, 0.25) is 0 Å². The normalized spacial score (nSPS) is 15.4. The fraction of sp³-hybridized carbons (Fsp3) is 0.538. The molecule has 21 heavy (non-hydrogen) atoms. The number of nitrogens with zero attached hydrogens (tertiary/aromatic N) is 3. The van der Waals surface area contributed by atoms with Gasteiger partial charge in [-0.15, -0.1) is 6.58 Å². The molecule has 0 amide bonds. The highest BCUT2D eigenvalue weighted by molar-refractivity contribution is 7.89. The van der Waals surface area contributed by atoms with Crippen molar-refractivity contribution in [3.63, 3.8) is 0 Å². The van der Waals surface area contributed by atoms with Crippen LogP contribution >= 0.6 is 0 Å². The Kier molecular flexibility index (Phi) is 4.20. The summed E-state index contributed by atoms with van der Waals surface area (Å²) < 4.78 is 28.3. The summed E-state index contributed by atoms with van der Waals surface area (Å²) in [6.07, 6.45) is 3.24. The first-order chi connectivity index (χ1) is 9.78. The number of hydrogen-bond acceptors (Lipinski definition) is 4. The van der Waals surface area contributed by atoms with Gasteiger partial charge in [-0.05, 0) is 26.7 Å². The van der Waals surface area contributed by atoms with E-state index < -0.39 is 16.0 Å². The van der Waals surface area contributed by atoms with Gasteiger partial charge in [-0.1, -0.05) is 6.08 Å². The molecule has 0 aromatic carbocycles. The van der Waals surface area contributed by atoms with Crippen LogP contribution in [0.25, 0.3) is 0 Å². The van der Waals surface area contributed by atoms with Crippen molar-refractivity contribution in [2.24, 2.45) is 0 Å². The summed E-state index contributed by atoms with van der Waals surface area (Å²) in [4.78, 5) is 10.9. The SMILES string of the molecule is C=CCN(C1CC1)S(=O)(=O)c1c(C)nn(CC(=O)O)c1C. The van der Waals surface area contributed by atoms with E-state index in [1.54, 1.807) is 19.9 Å². The van der Waals surface area contributed by atoms with E-state index in [0.29, 0.717) is 11.4 Å². The van der Waals surface area contributed by atoms with Crippen molar-refractivity contribution in [2.75, 3.05) is 6.54 Å². The van der Waals surface area contributed by atoms with Gasteiger partial charge in [-0.2, -0.15) is 9.40 Å². The third-order valence-electron chi connectivity index (χ3n) is 3.43. The minimum atomic E-state index is -3.69. The summed E-state index contributed by atoms with van der Waals surface area (Å²) in [6.45, 7) is 6.65. The third-order valence-corrected chi connectivity index (χ3v) is 5.60. The van der Waals surface area contributed by atoms with E-state index in [0.717, 1.165) is 12.8 Å². The lowest BCUT2D eigenvalue weighted by Crippen LogP contribution is -2.34. The van der Waals surface area contributed by atoms with Crippen LogP contribution in [-0.4, -0.2) is 46.2 Å². The molecule has 1 N–H and O–H groups in total. The summed E-state index contributed by atoms with van der Waals surface area (Å²) >= 11 is 0. The van der Waals surface area contributed by atoms with Gasteiger partial charge in [0.15, 0.2) is 0 Å². The van der Waals surface area contributed by atoms with Crippen LogP contribution in [0.3, 0.4) is 0 Å². The Morgan fingerprint density at radius 2 is 2.14 bits per heavy atom. The average Bonchev–Trinajstić information content (AvgIpc) is 3.13. The molecule has 1 aromatic rings. The van der Waals surface area contributed by atoms with Crippen molar-refractivity contribution < 1.29 is 18.3 Å². The number of carbonyl (C=O) groups is 1. The highest BCUT2D eigenvalue weighted by Gasteiger charge is 2.39. The minimum Gasteiger partial charge on any atom is -0.480 e. The van der Waals surface area contributed by atoms with Gasteiger partial charge in [0.2, 0.25) is 10.0 Å². The average molecular weight is 313 g/mol. The number of carboxylic acids is 1. The zero-order chi connectivity index (χ0) is 15.8. The van der Waals surface area contributed by atoms with Gasteiger partial charge in [0.05, 0.1) is 11.4 Å². The minimum absolute atomic E-state index is 0.00891. The highest BCUT2D eigenvalue weighted by Crippen LogP contribution is 2.33. The topological polar surface area (TPSA) is 92.5 Å². The fourth-order valence-corrected chi connectivity index (χ4v) is 4.42. The van der Waals surface area contributed by atoms with Crippen molar-refractivity contribution in [1.82, 2.24) is 14.1 Å². The molecule has 1 saturated carbocycles. The first-order valence-electron chi connectivity index (χ1n) is 6.67. The number of rotatable bonds is 7. The van der Waals surface area contributed by atoms with Gasteiger partial charge in [-0.3, -0.25) is 9.48 Å². The number of aromatic nitrogens is 2. The van der Waals surface area contributed by atoms with Gasteiger partial charge in [0.1, 0.15) is 11.4 Å². The molecule has 7 nitrogen and oxygen atoms in total. The molecule has 1 aliphatic rings. The molecule has 0 radical (unpaired) electrons. The largest absolute Gasteiger partial charge is 0.480 e. The lowest BCUT2D eigenvalue weighted by molar-refractivity contribution is -0.137. The maximum Gasteiger partial charge on any atom is 0.325 e. The van der Waals surface area contributed by atoms with Crippen molar-refractivity contribution >= 4 is 16.0 Å². The third kappa shape index (κ3) is 3.01. The fourth-order valence-electron chi connectivity index (χ4n) is 2.39. The molecule has 116 valence electrons. The van der Waals surface area contributed by atoms with E-state index >= 15 is 0 Å². The molecule has 0 saturated heterocycles. The predicted octanol–water partition coefficient (Wildman–Crippen LogP) is 0.924. The lowest BCUT2D eigenvalue weighted by atomic mass is 10.4. The van der Waals surface area contributed by atoms with E-state index in [4.69, 9.17) is 5.11 Å². The molecule has 0 atom stereocenters. The Labute approximate surface area is 123 Å². The molecule has 0 aliphatic heterocycles. The molecule has 0 spiro atoms. The Morgan fingerprint density at radius 3 is 2.62 bits per heavy atom. The van der Waals surface area contributed by atoms with Crippen LogP contribution in [0, 0.1) is 13.8 Å². The van der Waals surface area contributed by atoms with Crippen LogP contribution < -0.4 is 0 Å². The van der Waals surface area contributed by atoms with Crippen LogP contribution in [0.5, 0.6) is 0 Å². The summed E-state index contributed by atoms with van der Waals surface area (Å²) in [5, 5.41) is 12.9. The quantitative estimate of drug-likeness (QED) is 0.756. The van der Waals surface area contributed by atoms with E-state index in [-0.39, 0.29) is 24.0 Å². The Morgan fingerprint density at radius 1 is 1.52 bits per heavy atom. The highest BCUT2D eigenvalue weighted by atomic mass is 32.2. The van der Waals surface area contributed by atoms with Gasteiger partial charge in [0, 0.05) is 12.6 Å². The zero-order valence-electron chi connectivity index (χ0n) is 12.1. The summed E-state index contributed by atoms with van der Waals surface area (Å²) in [5.74, 6) is -1.06. The maximum atomic E-state index is 12.8. The number of aliphatic carboxylic acids is 1. The summed E-state index contributed by atoms with van der Waals surface area (Å²) in [6, 6.07) is 0.00891. The van der Waals surface area contributed by atoms with Gasteiger partial charge >= 0.3 is 5.97 Å². The molecule has 8 heteroatoms. The summed E-state index contributed by atoms with van der Waals surface area (Å²) in [5.41, 5.74) is 0.674. The number of sulfonamides is 1. The van der Waals surface area contributed by atoms with Crippen molar-refractivity contribution in [2.45, 2.75) is 44.2 Å². The second-order valence-corrected chi connectivity index (χ2v) is 6.97. The van der Waals surface area contributed by atoms with Gasteiger partial charge < -0.3 is 5.11 Å². The van der Waals surface area contributed by atoms with Crippen LogP contribution in [0.4, 0.5) is 0 Å². The van der Waals surface area contributed by atoms with Crippen LogP contribution in [-0.2, 0) is 21.4 Å². The number of hydrogen-bond donors (Lipinski definition) is 1.